The van der Waals surface area contributed by atoms with E-state index in [0.29, 0.717) is 26.7 Å². The molecule has 10 heteroatoms. The van der Waals surface area contributed by atoms with Crippen LogP contribution in [-0.2, 0) is 4.79 Å². The van der Waals surface area contributed by atoms with E-state index in [1.54, 1.807) is 25.3 Å². The standard InChI is InChI=1S/C25H20ClN5O3S/c1-15-6-3-4-8-20(15)34-14-22-29-31-23(27)18(24(32)28-25(31)35-22)12-16-7-5-11-30(16)17-9-10-21(33-2)19(26)13-17/h3-13,27H,14H2,1-2H3/b18-12-,27-23?. The van der Waals surface area contributed by atoms with Crippen LogP contribution in [0, 0.1) is 12.3 Å². The number of amidine groups is 2. The fourth-order valence-electron chi connectivity index (χ4n) is 3.65. The maximum absolute atomic E-state index is 12.8. The molecule has 0 radical (unpaired) electrons. The highest BCUT2D eigenvalue weighted by Gasteiger charge is 2.36. The monoisotopic (exact) mass is 505 g/mol. The van der Waals surface area contributed by atoms with Crippen molar-refractivity contribution in [3.05, 3.63) is 82.6 Å². The van der Waals surface area contributed by atoms with E-state index in [1.165, 1.54) is 16.8 Å². The van der Waals surface area contributed by atoms with Gasteiger partial charge in [0.25, 0.3) is 5.91 Å². The second-order valence-corrected chi connectivity index (χ2v) is 9.14. The van der Waals surface area contributed by atoms with Crippen molar-refractivity contribution < 1.29 is 14.3 Å². The number of nitrogens with zero attached hydrogens (tertiary/aromatic N) is 4. The predicted octanol–water partition coefficient (Wildman–Crippen LogP) is 5.15. The topological polar surface area (TPSA) is 92.3 Å². The number of carbonyl (C=O) groups excluding carboxylic acids is 1. The number of rotatable bonds is 6. The van der Waals surface area contributed by atoms with Gasteiger partial charge in [-0.15, -0.1) is 0 Å². The molecule has 0 unspecified atom stereocenters. The number of aliphatic imine (C=N–C) groups is 1. The lowest BCUT2D eigenvalue weighted by atomic mass is 10.1. The molecule has 1 amide bonds. The van der Waals surface area contributed by atoms with E-state index in [1.807, 2.05) is 60.2 Å². The molecule has 3 aromatic rings. The number of hydrogen-bond donors (Lipinski definition) is 1. The highest BCUT2D eigenvalue weighted by molar-refractivity contribution is 8.27. The van der Waals surface area contributed by atoms with E-state index >= 15 is 0 Å². The molecule has 1 aromatic heterocycles. The van der Waals surface area contributed by atoms with Gasteiger partial charge in [0.2, 0.25) is 5.17 Å². The molecular weight excluding hydrogens is 486 g/mol. The number of hydrazone groups is 1. The number of methoxy groups -OCH3 is 1. The molecule has 0 saturated carbocycles. The Hall–Kier alpha value is -3.82. The van der Waals surface area contributed by atoms with E-state index in [0.717, 1.165) is 17.0 Å². The first-order chi connectivity index (χ1) is 16.9. The summed E-state index contributed by atoms with van der Waals surface area (Å²) in [5.41, 5.74) is 2.63. The van der Waals surface area contributed by atoms with Gasteiger partial charge in [-0.3, -0.25) is 10.2 Å². The van der Waals surface area contributed by atoms with Crippen molar-refractivity contribution in [2.45, 2.75) is 6.92 Å². The van der Waals surface area contributed by atoms with E-state index in [-0.39, 0.29) is 18.0 Å². The lowest BCUT2D eigenvalue weighted by Crippen LogP contribution is -2.35. The third kappa shape index (κ3) is 4.48. The molecule has 1 N–H and O–H groups in total. The summed E-state index contributed by atoms with van der Waals surface area (Å²) >= 11 is 7.51. The Morgan fingerprint density at radius 3 is 2.74 bits per heavy atom. The first-order valence-corrected chi connectivity index (χ1v) is 11.8. The molecule has 176 valence electrons. The summed E-state index contributed by atoms with van der Waals surface area (Å²) in [6.07, 6.45) is 3.48. The lowest BCUT2D eigenvalue weighted by molar-refractivity contribution is -0.114. The van der Waals surface area contributed by atoms with Crippen molar-refractivity contribution in [1.29, 1.82) is 5.41 Å². The van der Waals surface area contributed by atoms with Crippen LogP contribution in [0.1, 0.15) is 11.3 Å². The fourth-order valence-corrected chi connectivity index (χ4v) is 4.70. The molecule has 0 saturated heterocycles. The molecular formula is C25H20ClN5O3S. The zero-order valence-corrected chi connectivity index (χ0v) is 20.4. The van der Waals surface area contributed by atoms with Gasteiger partial charge >= 0.3 is 0 Å². The predicted molar refractivity (Wildman–Crippen MR) is 139 cm³/mol. The fraction of sp³-hybridized carbons (Fsp3) is 0.120. The van der Waals surface area contributed by atoms with Crippen molar-refractivity contribution in [2.75, 3.05) is 13.7 Å². The SMILES string of the molecule is COc1ccc(-n2cccc2/C=C2/C(=N)N3N=C(COc4ccccc4C)SC3=NC2=O)cc1Cl. The number of aryl methyl sites for hydroxylation is 1. The number of thioether (sulfide) groups is 1. The summed E-state index contributed by atoms with van der Waals surface area (Å²) in [5, 5.41) is 15.9. The van der Waals surface area contributed by atoms with Gasteiger partial charge in [0.05, 0.1) is 17.7 Å². The number of fused-ring (bicyclic) bond motifs is 1. The number of amides is 1. The molecule has 0 aliphatic carbocycles. The smallest absolute Gasteiger partial charge is 0.283 e. The summed E-state index contributed by atoms with van der Waals surface area (Å²) in [5.74, 6) is 0.790. The molecule has 2 aliphatic heterocycles. The zero-order chi connectivity index (χ0) is 24.5. The van der Waals surface area contributed by atoms with Crippen LogP contribution >= 0.6 is 23.4 Å². The van der Waals surface area contributed by atoms with Crippen LogP contribution in [-0.4, -0.2) is 45.2 Å². The second-order valence-electron chi connectivity index (χ2n) is 7.69. The Bertz CT molecular complexity index is 1440. The molecule has 0 spiro atoms. The van der Waals surface area contributed by atoms with Crippen LogP contribution < -0.4 is 9.47 Å². The van der Waals surface area contributed by atoms with Crippen LogP contribution in [0.3, 0.4) is 0 Å². The van der Waals surface area contributed by atoms with Crippen molar-refractivity contribution in [1.82, 2.24) is 9.58 Å². The molecule has 8 nitrogen and oxygen atoms in total. The van der Waals surface area contributed by atoms with Gasteiger partial charge in [0.15, 0.2) is 5.84 Å². The molecule has 5 rings (SSSR count). The van der Waals surface area contributed by atoms with Crippen LogP contribution in [0.15, 0.2) is 76.5 Å². The minimum atomic E-state index is -0.495. The first-order valence-electron chi connectivity index (χ1n) is 10.6. The van der Waals surface area contributed by atoms with Gasteiger partial charge in [0, 0.05) is 17.6 Å². The summed E-state index contributed by atoms with van der Waals surface area (Å²) in [7, 11) is 1.56. The Labute approximate surface area is 211 Å². The van der Waals surface area contributed by atoms with Crippen LogP contribution in [0.2, 0.25) is 5.02 Å². The highest BCUT2D eigenvalue weighted by Crippen LogP contribution is 2.31. The molecule has 2 aromatic carbocycles. The normalized spacial score (nSPS) is 16.3. The van der Waals surface area contributed by atoms with Crippen molar-refractivity contribution in [3.63, 3.8) is 0 Å². The average Bonchev–Trinajstić information content (AvgIpc) is 3.48. The van der Waals surface area contributed by atoms with E-state index < -0.39 is 5.91 Å². The Kier molecular flexibility index (Phi) is 6.19. The third-order valence-electron chi connectivity index (χ3n) is 5.43. The number of carbonyl (C=O) groups is 1. The first kappa shape index (κ1) is 22.9. The molecule has 0 bridgehead atoms. The number of aromatic nitrogens is 1. The molecule has 0 atom stereocenters. The number of ether oxygens (including phenoxy) is 2. The summed E-state index contributed by atoms with van der Waals surface area (Å²) in [6, 6.07) is 16.8. The number of halogens is 1. The highest BCUT2D eigenvalue weighted by atomic mass is 35.5. The van der Waals surface area contributed by atoms with Gasteiger partial charge in [-0.2, -0.15) is 15.1 Å². The van der Waals surface area contributed by atoms with Gasteiger partial charge in [-0.05, 0) is 66.7 Å². The van der Waals surface area contributed by atoms with E-state index in [4.69, 9.17) is 26.5 Å². The molecule has 0 fully saturated rings. The van der Waals surface area contributed by atoms with E-state index in [9.17, 15) is 4.79 Å². The summed E-state index contributed by atoms with van der Waals surface area (Å²) in [4.78, 5) is 17.0. The van der Waals surface area contributed by atoms with E-state index in [2.05, 4.69) is 10.1 Å². The number of benzene rings is 2. The maximum Gasteiger partial charge on any atom is 0.283 e. The van der Waals surface area contributed by atoms with Gasteiger partial charge in [0.1, 0.15) is 23.1 Å². The summed E-state index contributed by atoms with van der Waals surface area (Å²) < 4.78 is 13.0. The second kappa shape index (κ2) is 9.44. The van der Waals surface area contributed by atoms with Gasteiger partial charge in [-0.1, -0.05) is 29.8 Å². The van der Waals surface area contributed by atoms with Crippen LogP contribution in [0.4, 0.5) is 0 Å². The number of nitrogens with one attached hydrogen (secondary N) is 1. The van der Waals surface area contributed by atoms with Crippen LogP contribution in [0.25, 0.3) is 11.8 Å². The summed E-state index contributed by atoms with van der Waals surface area (Å²) in [6.45, 7) is 2.18. The van der Waals surface area contributed by atoms with Crippen LogP contribution in [0.5, 0.6) is 11.5 Å². The zero-order valence-electron chi connectivity index (χ0n) is 18.9. The minimum Gasteiger partial charge on any atom is -0.495 e. The van der Waals surface area contributed by atoms with Crippen molar-refractivity contribution in [3.8, 4) is 17.2 Å². The number of para-hydroxylation sites is 1. The molecule has 35 heavy (non-hydrogen) atoms. The van der Waals surface area contributed by atoms with Gasteiger partial charge in [-0.25, -0.2) is 0 Å². The average molecular weight is 506 g/mol. The Balaban J connectivity index is 1.39. The van der Waals surface area contributed by atoms with Crippen molar-refractivity contribution >= 4 is 51.4 Å². The Morgan fingerprint density at radius 1 is 1.14 bits per heavy atom. The third-order valence-corrected chi connectivity index (χ3v) is 6.60. The van der Waals surface area contributed by atoms with Crippen molar-refractivity contribution in [2.24, 2.45) is 10.1 Å². The minimum absolute atomic E-state index is 0.0427. The number of hydrogen-bond acceptors (Lipinski definition) is 6. The largest absolute Gasteiger partial charge is 0.495 e. The Morgan fingerprint density at radius 2 is 1.97 bits per heavy atom. The lowest BCUT2D eigenvalue weighted by Gasteiger charge is -2.20. The quantitative estimate of drug-likeness (QED) is 0.468. The van der Waals surface area contributed by atoms with Gasteiger partial charge < -0.3 is 14.0 Å². The molecule has 2 aliphatic rings. The molecule has 3 heterocycles. The maximum atomic E-state index is 12.8.